The molecule has 0 aliphatic rings. The van der Waals surface area contributed by atoms with Crippen molar-refractivity contribution in [2.45, 2.75) is 43.9 Å². The Kier molecular flexibility index (Phi) is 4.05. The molecule has 0 aliphatic carbocycles. The lowest BCUT2D eigenvalue weighted by Crippen LogP contribution is -2.14. The summed E-state index contributed by atoms with van der Waals surface area (Å²) in [5.74, 6) is 0.365. The molecule has 1 aromatic carbocycles. The molecule has 0 saturated heterocycles. The Morgan fingerprint density at radius 1 is 1.13 bits per heavy atom. The number of thioether (sulfide) groups is 1. The van der Waals surface area contributed by atoms with Crippen molar-refractivity contribution in [3.05, 3.63) is 23.3 Å². The maximum absolute atomic E-state index is 9.62. The first-order valence-corrected chi connectivity index (χ1v) is 5.94. The molecule has 2 N–H and O–H groups in total. The first kappa shape index (κ1) is 12.4. The van der Waals surface area contributed by atoms with Crippen LogP contribution in [0, 0.1) is 13.8 Å². The molecule has 84 valence electrons. The minimum absolute atomic E-state index is 0.161. The Balaban J connectivity index is 2.88. The Bertz CT molecular complexity index is 324. The highest BCUT2D eigenvalue weighted by molar-refractivity contribution is 8.00. The van der Waals surface area contributed by atoms with Crippen LogP contribution in [-0.2, 0) is 0 Å². The van der Waals surface area contributed by atoms with Crippen molar-refractivity contribution in [1.82, 2.24) is 0 Å². The third-order valence-corrected chi connectivity index (χ3v) is 3.74. The normalized spacial score (nSPS) is 15.0. The molecule has 2 nitrogen and oxygen atoms in total. The van der Waals surface area contributed by atoms with Gasteiger partial charge < -0.3 is 10.2 Å². The van der Waals surface area contributed by atoms with E-state index < -0.39 is 0 Å². The van der Waals surface area contributed by atoms with Crippen LogP contribution in [0.4, 0.5) is 0 Å². The molecule has 1 aromatic rings. The third kappa shape index (κ3) is 3.14. The molecular weight excluding hydrogens is 208 g/mol. The number of hydrogen-bond donors (Lipinski definition) is 2. The predicted molar refractivity (Wildman–Crippen MR) is 64.6 cm³/mol. The van der Waals surface area contributed by atoms with Crippen molar-refractivity contribution in [2.24, 2.45) is 0 Å². The maximum Gasteiger partial charge on any atom is 0.121 e. The first-order valence-electron chi connectivity index (χ1n) is 5.06. The van der Waals surface area contributed by atoms with Crippen LogP contribution in [0.15, 0.2) is 17.0 Å². The Hall–Kier alpha value is -0.670. The van der Waals surface area contributed by atoms with Gasteiger partial charge in [0.25, 0.3) is 0 Å². The number of phenols is 1. The highest BCUT2D eigenvalue weighted by Gasteiger charge is 2.12. The molecule has 0 unspecified atom stereocenters. The van der Waals surface area contributed by atoms with Gasteiger partial charge in [0.1, 0.15) is 5.75 Å². The van der Waals surface area contributed by atoms with E-state index in [1.165, 1.54) is 0 Å². The van der Waals surface area contributed by atoms with E-state index >= 15 is 0 Å². The predicted octanol–water partition coefficient (Wildman–Crippen LogP) is 2.87. The van der Waals surface area contributed by atoms with Gasteiger partial charge in [0.2, 0.25) is 0 Å². The van der Waals surface area contributed by atoms with Crippen molar-refractivity contribution in [2.75, 3.05) is 0 Å². The van der Waals surface area contributed by atoms with Gasteiger partial charge in [0.05, 0.1) is 6.10 Å². The quantitative estimate of drug-likeness (QED) is 0.779. The van der Waals surface area contributed by atoms with Gasteiger partial charge in [0, 0.05) is 10.1 Å². The highest BCUT2D eigenvalue weighted by atomic mass is 32.2. The number of rotatable bonds is 3. The number of aliphatic hydroxyl groups is 1. The largest absolute Gasteiger partial charge is 0.507 e. The van der Waals surface area contributed by atoms with Crippen LogP contribution in [0.5, 0.6) is 5.75 Å². The number of phenolic OH excluding ortho intramolecular Hbond substituents is 1. The summed E-state index contributed by atoms with van der Waals surface area (Å²) >= 11 is 1.63. The second kappa shape index (κ2) is 4.90. The van der Waals surface area contributed by atoms with E-state index in [1.54, 1.807) is 18.7 Å². The minimum atomic E-state index is -0.329. The van der Waals surface area contributed by atoms with Crippen molar-refractivity contribution >= 4 is 11.8 Å². The second-order valence-corrected chi connectivity index (χ2v) is 5.42. The summed E-state index contributed by atoms with van der Waals surface area (Å²) in [5, 5.41) is 19.2. The fourth-order valence-electron chi connectivity index (χ4n) is 1.30. The van der Waals surface area contributed by atoms with Gasteiger partial charge in [-0.2, -0.15) is 0 Å². The fourth-order valence-corrected chi connectivity index (χ4v) is 2.41. The van der Waals surface area contributed by atoms with Gasteiger partial charge in [-0.25, -0.2) is 0 Å². The van der Waals surface area contributed by atoms with Crippen LogP contribution in [-0.4, -0.2) is 21.6 Å². The number of benzene rings is 1. The van der Waals surface area contributed by atoms with Crippen LogP contribution >= 0.6 is 11.8 Å². The standard InChI is InChI=1S/C12H18O2S/c1-7-5-11(6-8(2)12(7)14)15-10(4)9(3)13/h5-6,9-10,13-14H,1-4H3/t9-,10+/m0/s1. The molecule has 1 rings (SSSR count). The summed E-state index contributed by atoms with van der Waals surface area (Å²) in [4.78, 5) is 1.09. The summed E-state index contributed by atoms with van der Waals surface area (Å²) in [6, 6.07) is 3.90. The molecule has 2 atom stereocenters. The van der Waals surface area contributed by atoms with Gasteiger partial charge in [-0.1, -0.05) is 6.92 Å². The topological polar surface area (TPSA) is 40.5 Å². The van der Waals surface area contributed by atoms with E-state index in [2.05, 4.69) is 0 Å². The Morgan fingerprint density at radius 3 is 2.00 bits per heavy atom. The van der Waals surface area contributed by atoms with Gasteiger partial charge in [-0.15, -0.1) is 11.8 Å². The van der Waals surface area contributed by atoms with Crippen LogP contribution in [0.1, 0.15) is 25.0 Å². The van der Waals surface area contributed by atoms with Gasteiger partial charge in [-0.05, 0) is 44.0 Å². The van der Waals surface area contributed by atoms with Crippen molar-refractivity contribution < 1.29 is 10.2 Å². The summed E-state index contributed by atoms with van der Waals surface area (Å²) in [7, 11) is 0. The lowest BCUT2D eigenvalue weighted by atomic mass is 10.1. The third-order valence-electron chi connectivity index (χ3n) is 2.47. The maximum atomic E-state index is 9.62. The number of hydrogen-bond acceptors (Lipinski definition) is 3. The zero-order valence-electron chi connectivity index (χ0n) is 9.61. The number of aliphatic hydroxyl groups excluding tert-OH is 1. The van der Waals surface area contributed by atoms with Crippen LogP contribution in [0.2, 0.25) is 0 Å². The highest BCUT2D eigenvalue weighted by Crippen LogP contribution is 2.31. The monoisotopic (exact) mass is 226 g/mol. The van der Waals surface area contributed by atoms with E-state index in [0.717, 1.165) is 16.0 Å². The molecule has 0 aromatic heterocycles. The lowest BCUT2D eigenvalue weighted by Gasteiger charge is -2.15. The molecule has 0 aliphatic heterocycles. The molecule has 3 heteroatoms. The number of aryl methyl sites for hydroxylation is 2. The summed E-state index contributed by atoms with van der Waals surface area (Å²) in [6.07, 6.45) is -0.329. The Morgan fingerprint density at radius 2 is 1.60 bits per heavy atom. The van der Waals surface area contributed by atoms with Gasteiger partial charge >= 0.3 is 0 Å². The molecule has 0 spiro atoms. The molecule has 15 heavy (non-hydrogen) atoms. The SMILES string of the molecule is Cc1cc(S[C@H](C)[C@H](C)O)cc(C)c1O. The number of aromatic hydroxyl groups is 1. The van der Waals surface area contributed by atoms with E-state index in [1.807, 2.05) is 32.9 Å². The molecule has 0 fully saturated rings. The molecule has 0 bridgehead atoms. The van der Waals surface area contributed by atoms with Gasteiger partial charge in [-0.3, -0.25) is 0 Å². The van der Waals surface area contributed by atoms with E-state index in [0.29, 0.717) is 5.75 Å². The van der Waals surface area contributed by atoms with Crippen molar-refractivity contribution in [1.29, 1.82) is 0 Å². The van der Waals surface area contributed by atoms with Crippen molar-refractivity contribution in [3.63, 3.8) is 0 Å². The summed E-state index contributed by atoms with van der Waals surface area (Å²) in [6.45, 7) is 7.56. The average Bonchev–Trinajstić information content (AvgIpc) is 2.13. The summed E-state index contributed by atoms with van der Waals surface area (Å²) < 4.78 is 0. The second-order valence-electron chi connectivity index (χ2n) is 3.97. The zero-order valence-corrected chi connectivity index (χ0v) is 10.4. The molecule has 0 radical (unpaired) electrons. The van der Waals surface area contributed by atoms with E-state index in [4.69, 9.17) is 0 Å². The van der Waals surface area contributed by atoms with Crippen molar-refractivity contribution in [3.8, 4) is 5.75 Å². The first-order chi connectivity index (χ1) is 6.91. The van der Waals surface area contributed by atoms with E-state index in [9.17, 15) is 10.2 Å². The van der Waals surface area contributed by atoms with Gasteiger partial charge in [0.15, 0.2) is 0 Å². The summed E-state index contributed by atoms with van der Waals surface area (Å²) in [5.41, 5.74) is 1.77. The lowest BCUT2D eigenvalue weighted by molar-refractivity contribution is 0.196. The van der Waals surface area contributed by atoms with Crippen LogP contribution in [0.3, 0.4) is 0 Å². The molecule has 0 saturated carbocycles. The zero-order chi connectivity index (χ0) is 11.6. The molecular formula is C12H18O2S. The minimum Gasteiger partial charge on any atom is -0.507 e. The average molecular weight is 226 g/mol. The fraction of sp³-hybridized carbons (Fsp3) is 0.500. The molecule has 0 heterocycles. The van der Waals surface area contributed by atoms with Crippen LogP contribution in [0.25, 0.3) is 0 Å². The Labute approximate surface area is 95.3 Å². The molecule has 0 amide bonds. The smallest absolute Gasteiger partial charge is 0.121 e. The van der Waals surface area contributed by atoms with E-state index in [-0.39, 0.29) is 11.4 Å². The van der Waals surface area contributed by atoms with Crippen LogP contribution < -0.4 is 0 Å².